The second-order valence-corrected chi connectivity index (χ2v) is 4.82. The second kappa shape index (κ2) is 6.78. The summed E-state index contributed by atoms with van der Waals surface area (Å²) in [5, 5.41) is 11.6. The summed E-state index contributed by atoms with van der Waals surface area (Å²) in [6.07, 6.45) is 0. The summed E-state index contributed by atoms with van der Waals surface area (Å²) in [5.41, 5.74) is 1.97. The van der Waals surface area contributed by atoms with Gasteiger partial charge in [-0.15, -0.1) is 0 Å². The minimum atomic E-state index is -0.294. The highest BCUT2D eigenvalue weighted by Gasteiger charge is 2.10. The molecule has 0 saturated heterocycles. The second-order valence-electron chi connectivity index (χ2n) is 4.41. The van der Waals surface area contributed by atoms with Gasteiger partial charge in [-0.2, -0.15) is 5.26 Å². The van der Waals surface area contributed by atoms with Gasteiger partial charge in [0.05, 0.1) is 10.6 Å². The van der Waals surface area contributed by atoms with Crippen molar-refractivity contribution in [1.29, 1.82) is 5.26 Å². The van der Waals surface area contributed by atoms with Crippen LogP contribution in [0.5, 0.6) is 5.75 Å². The molecule has 0 saturated carbocycles. The van der Waals surface area contributed by atoms with Gasteiger partial charge in [-0.05, 0) is 36.8 Å². The molecule has 21 heavy (non-hydrogen) atoms. The number of rotatable bonds is 4. The van der Waals surface area contributed by atoms with Crippen molar-refractivity contribution in [3.63, 3.8) is 0 Å². The van der Waals surface area contributed by atoms with Crippen LogP contribution in [-0.2, 0) is 0 Å². The molecule has 0 aliphatic rings. The number of nitrogens with one attached hydrogen (secondary N) is 1. The third-order valence-electron chi connectivity index (χ3n) is 2.76. The molecule has 0 aliphatic heterocycles. The van der Waals surface area contributed by atoms with Crippen molar-refractivity contribution in [3.8, 4) is 11.8 Å². The molecular weight excluding hydrogens is 288 g/mol. The maximum absolute atomic E-state index is 12.2. The van der Waals surface area contributed by atoms with E-state index in [2.05, 4.69) is 5.32 Å². The molecule has 0 aromatic heterocycles. The van der Waals surface area contributed by atoms with E-state index in [1.807, 2.05) is 19.1 Å². The highest BCUT2D eigenvalue weighted by Crippen LogP contribution is 2.21. The summed E-state index contributed by atoms with van der Waals surface area (Å²) in [5.74, 6) is 0.224. The first-order valence-corrected chi connectivity index (χ1v) is 6.65. The van der Waals surface area contributed by atoms with Gasteiger partial charge in [0.2, 0.25) is 0 Å². The van der Waals surface area contributed by atoms with Crippen molar-refractivity contribution < 1.29 is 9.53 Å². The molecule has 2 aromatic carbocycles. The van der Waals surface area contributed by atoms with E-state index in [0.717, 1.165) is 5.56 Å². The zero-order valence-electron chi connectivity index (χ0n) is 11.4. The minimum Gasteiger partial charge on any atom is -0.479 e. The Hall–Kier alpha value is -2.51. The van der Waals surface area contributed by atoms with Gasteiger partial charge in [-0.3, -0.25) is 4.79 Å². The van der Waals surface area contributed by atoms with Crippen molar-refractivity contribution in [2.75, 3.05) is 11.9 Å². The molecule has 106 valence electrons. The van der Waals surface area contributed by atoms with Crippen LogP contribution in [0.1, 0.15) is 15.9 Å². The third-order valence-corrected chi connectivity index (χ3v) is 3.08. The van der Waals surface area contributed by atoms with E-state index in [1.165, 1.54) is 0 Å². The van der Waals surface area contributed by atoms with Crippen LogP contribution in [0, 0.1) is 18.3 Å². The van der Waals surface area contributed by atoms with Gasteiger partial charge in [0.15, 0.2) is 6.61 Å². The van der Waals surface area contributed by atoms with Gasteiger partial charge in [0, 0.05) is 11.8 Å². The Labute approximate surface area is 127 Å². The standard InChI is InChI=1S/C16H13ClN2O2/c1-11-5-6-14(15(17)9-11)16(20)19-12-3-2-4-13(10-12)21-8-7-18/h2-6,9-10H,8H2,1H3,(H,19,20). The number of ether oxygens (including phenoxy) is 1. The Morgan fingerprint density at radius 1 is 1.33 bits per heavy atom. The van der Waals surface area contributed by atoms with Crippen molar-refractivity contribution >= 4 is 23.2 Å². The Morgan fingerprint density at radius 3 is 2.86 bits per heavy atom. The van der Waals surface area contributed by atoms with Crippen molar-refractivity contribution in [2.24, 2.45) is 0 Å². The van der Waals surface area contributed by atoms with Crippen LogP contribution >= 0.6 is 11.6 Å². The van der Waals surface area contributed by atoms with Gasteiger partial charge >= 0.3 is 0 Å². The molecule has 1 amide bonds. The maximum Gasteiger partial charge on any atom is 0.257 e. The predicted octanol–water partition coefficient (Wildman–Crippen LogP) is 3.80. The zero-order chi connectivity index (χ0) is 15.2. The number of nitriles is 1. The van der Waals surface area contributed by atoms with Gasteiger partial charge in [-0.25, -0.2) is 0 Å². The van der Waals surface area contributed by atoms with Crippen molar-refractivity contribution in [1.82, 2.24) is 0 Å². The first-order chi connectivity index (χ1) is 10.1. The SMILES string of the molecule is Cc1ccc(C(=O)Nc2cccc(OCC#N)c2)c(Cl)c1. The van der Waals surface area contributed by atoms with Crippen LogP contribution in [0.4, 0.5) is 5.69 Å². The molecule has 4 nitrogen and oxygen atoms in total. The van der Waals surface area contributed by atoms with Crippen LogP contribution in [0.25, 0.3) is 0 Å². The first-order valence-electron chi connectivity index (χ1n) is 6.27. The summed E-state index contributed by atoms with van der Waals surface area (Å²) < 4.78 is 5.18. The lowest BCUT2D eigenvalue weighted by Crippen LogP contribution is -2.12. The van der Waals surface area contributed by atoms with Crippen molar-refractivity contribution in [2.45, 2.75) is 6.92 Å². The number of nitrogens with zero attached hydrogens (tertiary/aromatic N) is 1. The van der Waals surface area contributed by atoms with E-state index in [4.69, 9.17) is 21.6 Å². The molecule has 0 spiro atoms. The largest absolute Gasteiger partial charge is 0.479 e. The molecule has 2 rings (SSSR count). The van der Waals surface area contributed by atoms with E-state index in [1.54, 1.807) is 36.4 Å². The van der Waals surface area contributed by atoms with Crippen molar-refractivity contribution in [3.05, 3.63) is 58.6 Å². The Morgan fingerprint density at radius 2 is 2.14 bits per heavy atom. The average Bonchev–Trinajstić information content (AvgIpc) is 2.45. The molecule has 0 radical (unpaired) electrons. The molecular formula is C16H13ClN2O2. The van der Waals surface area contributed by atoms with Crippen LogP contribution in [0.2, 0.25) is 5.02 Å². The average molecular weight is 301 g/mol. The van der Waals surface area contributed by atoms with Gasteiger partial charge in [0.1, 0.15) is 11.8 Å². The summed E-state index contributed by atoms with van der Waals surface area (Å²) in [6.45, 7) is 1.87. The van der Waals surface area contributed by atoms with Crippen LogP contribution < -0.4 is 10.1 Å². The highest BCUT2D eigenvalue weighted by molar-refractivity contribution is 6.34. The van der Waals surface area contributed by atoms with E-state index >= 15 is 0 Å². The van der Waals surface area contributed by atoms with Crippen LogP contribution in [-0.4, -0.2) is 12.5 Å². The van der Waals surface area contributed by atoms with Crippen LogP contribution in [0.3, 0.4) is 0 Å². The number of halogens is 1. The highest BCUT2D eigenvalue weighted by atomic mass is 35.5. The number of amides is 1. The van der Waals surface area contributed by atoms with E-state index in [-0.39, 0.29) is 12.5 Å². The molecule has 5 heteroatoms. The van der Waals surface area contributed by atoms with Gasteiger partial charge < -0.3 is 10.1 Å². The number of carbonyl (C=O) groups excluding carboxylic acids is 1. The zero-order valence-corrected chi connectivity index (χ0v) is 12.1. The fraction of sp³-hybridized carbons (Fsp3) is 0.125. The molecule has 2 aromatic rings. The lowest BCUT2D eigenvalue weighted by atomic mass is 10.1. The lowest BCUT2D eigenvalue weighted by molar-refractivity contribution is 0.102. The normalized spacial score (nSPS) is 9.76. The van der Waals surface area contributed by atoms with Gasteiger partial charge in [-0.1, -0.05) is 23.7 Å². The molecule has 1 N–H and O–H groups in total. The Bertz CT molecular complexity index is 708. The number of carbonyl (C=O) groups is 1. The Balaban J connectivity index is 2.14. The fourth-order valence-electron chi connectivity index (χ4n) is 1.78. The van der Waals surface area contributed by atoms with E-state index < -0.39 is 0 Å². The summed E-state index contributed by atoms with van der Waals surface area (Å²) in [4.78, 5) is 12.2. The lowest BCUT2D eigenvalue weighted by Gasteiger charge is -2.09. The monoisotopic (exact) mass is 300 g/mol. The van der Waals surface area contributed by atoms with Crippen LogP contribution in [0.15, 0.2) is 42.5 Å². The third kappa shape index (κ3) is 3.98. The first kappa shape index (κ1) is 14.9. The maximum atomic E-state index is 12.2. The number of aryl methyl sites for hydroxylation is 1. The topological polar surface area (TPSA) is 62.1 Å². The number of hydrogen-bond acceptors (Lipinski definition) is 3. The van der Waals surface area contributed by atoms with Gasteiger partial charge in [0.25, 0.3) is 5.91 Å². The summed E-state index contributed by atoms with van der Waals surface area (Å²) in [6, 6.07) is 14.0. The smallest absolute Gasteiger partial charge is 0.257 e. The number of benzene rings is 2. The summed E-state index contributed by atoms with van der Waals surface area (Å²) in [7, 11) is 0. The number of anilines is 1. The number of hydrogen-bond donors (Lipinski definition) is 1. The Kier molecular flexibility index (Phi) is 4.81. The molecule has 0 unspecified atom stereocenters. The molecule has 0 bridgehead atoms. The molecule has 0 fully saturated rings. The molecule has 0 atom stereocenters. The quantitative estimate of drug-likeness (QED) is 0.934. The van der Waals surface area contributed by atoms with E-state index in [0.29, 0.717) is 22.0 Å². The summed E-state index contributed by atoms with van der Waals surface area (Å²) >= 11 is 6.07. The predicted molar refractivity (Wildman–Crippen MR) is 81.7 cm³/mol. The fourth-order valence-corrected chi connectivity index (χ4v) is 2.10. The van der Waals surface area contributed by atoms with E-state index in [9.17, 15) is 4.79 Å². The molecule has 0 aliphatic carbocycles. The molecule has 0 heterocycles. The minimum absolute atomic E-state index is 0.0405.